The van der Waals surface area contributed by atoms with Crippen molar-refractivity contribution in [2.75, 3.05) is 13.7 Å². The highest BCUT2D eigenvalue weighted by atomic mass is 35.5. The summed E-state index contributed by atoms with van der Waals surface area (Å²) in [5, 5.41) is 2.84. The lowest BCUT2D eigenvalue weighted by Crippen LogP contribution is -2.49. The minimum atomic E-state index is -0.513. The van der Waals surface area contributed by atoms with Gasteiger partial charge in [0.25, 0.3) is 11.8 Å². The van der Waals surface area contributed by atoms with Gasteiger partial charge in [-0.2, -0.15) is 0 Å². The van der Waals surface area contributed by atoms with E-state index in [4.69, 9.17) is 28.6 Å². The van der Waals surface area contributed by atoms with Crippen LogP contribution in [0.5, 0.6) is 5.75 Å². The van der Waals surface area contributed by atoms with Gasteiger partial charge in [0, 0.05) is 10.6 Å². The second kappa shape index (κ2) is 10.2. The topological polar surface area (TPSA) is 106 Å². The van der Waals surface area contributed by atoms with Gasteiger partial charge in [0.1, 0.15) is 5.75 Å². The summed E-state index contributed by atoms with van der Waals surface area (Å²) in [7, 11) is 1.27. The Labute approximate surface area is 171 Å². The van der Waals surface area contributed by atoms with Crippen molar-refractivity contribution >= 4 is 46.7 Å². The van der Waals surface area contributed by atoms with Crippen molar-refractivity contribution in [3.63, 3.8) is 0 Å². The van der Waals surface area contributed by atoms with E-state index in [1.54, 1.807) is 24.3 Å². The number of hydrogen-bond donors (Lipinski definition) is 3. The van der Waals surface area contributed by atoms with Gasteiger partial charge in [-0.1, -0.05) is 11.6 Å². The van der Waals surface area contributed by atoms with Gasteiger partial charge in [-0.05, 0) is 60.7 Å². The zero-order valence-electron chi connectivity index (χ0n) is 14.7. The first kappa shape index (κ1) is 21.1. The summed E-state index contributed by atoms with van der Waals surface area (Å²) in [6.07, 6.45) is 0. The zero-order valence-corrected chi connectivity index (χ0v) is 16.2. The number of hydrogen-bond acceptors (Lipinski definition) is 6. The molecule has 0 radical (unpaired) electrons. The van der Waals surface area contributed by atoms with Crippen LogP contribution in [-0.2, 0) is 9.53 Å². The average Bonchev–Trinajstić information content (AvgIpc) is 2.71. The van der Waals surface area contributed by atoms with Crippen LogP contribution in [0.15, 0.2) is 48.5 Å². The Kier molecular flexibility index (Phi) is 7.73. The standard InChI is InChI=1S/C18H16ClN3O5S/c1-26-17(25)12-4-2-11(3-5-12)16(24)20-18(28)22-21-15(23)10-27-14-8-6-13(19)7-9-14/h2-9H,10H2,1H3,(H,21,23)(H2,20,22,24,28). The fourth-order valence-electron chi connectivity index (χ4n) is 1.92. The second-order valence-electron chi connectivity index (χ2n) is 5.27. The Hall–Kier alpha value is -3.17. The van der Waals surface area contributed by atoms with E-state index in [9.17, 15) is 14.4 Å². The van der Waals surface area contributed by atoms with Crippen LogP contribution in [0.1, 0.15) is 20.7 Å². The van der Waals surface area contributed by atoms with Crippen molar-refractivity contribution in [2.45, 2.75) is 0 Å². The number of thiocarbonyl (C=S) groups is 1. The van der Waals surface area contributed by atoms with Gasteiger partial charge in [0.05, 0.1) is 12.7 Å². The molecule has 2 aromatic rings. The van der Waals surface area contributed by atoms with E-state index in [1.807, 2.05) is 0 Å². The van der Waals surface area contributed by atoms with Crippen LogP contribution in [0.25, 0.3) is 0 Å². The average molecular weight is 422 g/mol. The van der Waals surface area contributed by atoms with E-state index in [0.717, 1.165) is 0 Å². The Bertz CT molecular complexity index is 872. The maximum Gasteiger partial charge on any atom is 0.337 e. The molecule has 0 aromatic heterocycles. The summed E-state index contributed by atoms with van der Waals surface area (Å²) in [5.74, 6) is -1.05. The number of nitrogens with one attached hydrogen (secondary N) is 3. The Morgan fingerprint density at radius 3 is 2.18 bits per heavy atom. The van der Waals surface area contributed by atoms with Gasteiger partial charge in [-0.15, -0.1) is 0 Å². The van der Waals surface area contributed by atoms with Crippen LogP contribution in [0.2, 0.25) is 5.02 Å². The van der Waals surface area contributed by atoms with E-state index in [-0.39, 0.29) is 17.3 Å². The van der Waals surface area contributed by atoms with Gasteiger partial charge in [-0.25, -0.2) is 4.79 Å². The van der Waals surface area contributed by atoms with Crippen LogP contribution in [0.4, 0.5) is 0 Å². The largest absolute Gasteiger partial charge is 0.484 e. The molecule has 0 heterocycles. The predicted octanol–water partition coefficient (Wildman–Crippen LogP) is 1.84. The molecule has 0 aliphatic carbocycles. The minimum Gasteiger partial charge on any atom is -0.484 e. The molecule has 0 saturated carbocycles. The molecule has 0 spiro atoms. The van der Waals surface area contributed by atoms with E-state index >= 15 is 0 Å². The molecule has 146 valence electrons. The Morgan fingerprint density at radius 2 is 1.57 bits per heavy atom. The third-order valence-corrected chi connectivity index (χ3v) is 3.75. The molecule has 0 atom stereocenters. The molecule has 0 saturated heterocycles. The van der Waals surface area contributed by atoms with E-state index in [2.05, 4.69) is 20.9 Å². The smallest absolute Gasteiger partial charge is 0.337 e. The molecule has 0 unspecified atom stereocenters. The monoisotopic (exact) mass is 421 g/mol. The molecule has 0 bridgehead atoms. The highest BCUT2D eigenvalue weighted by molar-refractivity contribution is 7.80. The second-order valence-corrected chi connectivity index (χ2v) is 6.11. The molecule has 8 nitrogen and oxygen atoms in total. The van der Waals surface area contributed by atoms with Gasteiger partial charge in [-0.3, -0.25) is 25.8 Å². The summed E-state index contributed by atoms with van der Waals surface area (Å²) < 4.78 is 9.85. The van der Waals surface area contributed by atoms with Crippen LogP contribution < -0.4 is 20.9 Å². The van der Waals surface area contributed by atoms with Crippen molar-refractivity contribution in [2.24, 2.45) is 0 Å². The minimum absolute atomic E-state index is 0.109. The number of benzene rings is 2. The SMILES string of the molecule is COC(=O)c1ccc(C(=O)NC(=S)NNC(=O)COc2ccc(Cl)cc2)cc1. The summed E-state index contributed by atoms with van der Waals surface area (Å²) in [5.41, 5.74) is 5.27. The van der Waals surface area contributed by atoms with Crippen LogP contribution in [0.3, 0.4) is 0 Å². The molecular formula is C18H16ClN3O5S. The molecule has 10 heteroatoms. The molecular weight excluding hydrogens is 406 g/mol. The zero-order chi connectivity index (χ0) is 20.5. The van der Waals surface area contributed by atoms with E-state index < -0.39 is 17.8 Å². The summed E-state index contributed by atoms with van der Waals surface area (Å²) in [6, 6.07) is 12.3. The maximum absolute atomic E-state index is 12.1. The number of esters is 1. The Morgan fingerprint density at radius 1 is 0.964 bits per heavy atom. The molecule has 0 aliphatic rings. The first-order valence-electron chi connectivity index (χ1n) is 7.86. The van der Waals surface area contributed by atoms with Crippen molar-refractivity contribution in [3.8, 4) is 5.75 Å². The van der Waals surface area contributed by atoms with Crippen molar-refractivity contribution < 1.29 is 23.9 Å². The molecule has 3 N–H and O–H groups in total. The lowest BCUT2D eigenvalue weighted by Gasteiger charge is -2.11. The molecule has 2 rings (SSSR count). The summed E-state index contributed by atoms with van der Waals surface area (Å²) >= 11 is 10.7. The van der Waals surface area contributed by atoms with Crippen molar-refractivity contribution in [3.05, 3.63) is 64.7 Å². The number of halogens is 1. The van der Waals surface area contributed by atoms with Crippen LogP contribution in [0, 0.1) is 0 Å². The van der Waals surface area contributed by atoms with Gasteiger partial charge >= 0.3 is 5.97 Å². The molecule has 0 fully saturated rings. The third kappa shape index (κ3) is 6.53. The first-order chi connectivity index (χ1) is 13.4. The molecule has 2 aromatic carbocycles. The number of carbonyl (C=O) groups excluding carboxylic acids is 3. The van der Waals surface area contributed by atoms with E-state index in [1.165, 1.54) is 31.4 Å². The number of ether oxygens (including phenoxy) is 2. The normalized spacial score (nSPS) is 9.79. The lowest BCUT2D eigenvalue weighted by molar-refractivity contribution is -0.123. The van der Waals surface area contributed by atoms with Gasteiger partial charge in [0.15, 0.2) is 11.7 Å². The number of carbonyl (C=O) groups is 3. The maximum atomic E-state index is 12.1. The lowest BCUT2D eigenvalue weighted by atomic mass is 10.1. The van der Waals surface area contributed by atoms with Crippen LogP contribution >= 0.6 is 23.8 Å². The predicted molar refractivity (Wildman–Crippen MR) is 106 cm³/mol. The van der Waals surface area contributed by atoms with Crippen molar-refractivity contribution in [1.82, 2.24) is 16.2 Å². The highest BCUT2D eigenvalue weighted by Gasteiger charge is 2.11. The number of hydrazine groups is 1. The van der Waals surface area contributed by atoms with E-state index in [0.29, 0.717) is 16.3 Å². The molecule has 28 heavy (non-hydrogen) atoms. The summed E-state index contributed by atoms with van der Waals surface area (Å²) in [6.45, 7) is -0.264. The number of methoxy groups -OCH3 is 1. The molecule has 2 amide bonds. The number of rotatable bonds is 5. The molecule has 0 aliphatic heterocycles. The van der Waals surface area contributed by atoms with Gasteiger partial charge in [0.2, 0.25) is 0 Å². The first-order valence-corrected chi connectivity index (χ1v) is 8.64. The third-order valence-electron chi connectivity index (χ3n) is 3.29. The van der Waals surface area contributed by atoms with Crippen LogP contribution in [-0.4, -0.2) is 36.6 Å². The van der Waals surface area contributed by atoms with Crippen molar-refractivity contribution in [1.29, 1.82) is 0 Å². The fourth-order valence-corrected chi connectivity index (χ4v) is 2.19. The fraction of sp³-hybridized carbons (Fsp3) is 0.111. The van der Waals surface area contributed by atoms with Gasteiger partial charge < -0.3 is 9.47 Å². The Balaban J connectivity index is 1.75. The quantitative estimate of drug-likeness (QED) is 0.384. The summed E-state index contributed by atoms with van der Waals surface area (Å²) in [4.78, 5) is 35.2. The highest BCUT2D eigenvalue weighted by Crippen LogP contribution is 2.15. The number of amides is 2.